The van der Waals surface area contributed by atoms with Crippen molar-refractivity contribution in [2.75, 3.05) is 0 Å². The monoisotopic (exact) mass is 145 g/mol. The number of hydrogen-bond donors (Lipinski definition) is 0. The van der Waals surface area contributed by atoms with Gasteiger partial charge in [0, 0.05) is 6.20 Å². The Bertz CT molecular complexity index is 392. The second-order valence-corrected chi connectivity index (χ2v) is 2.17. The van der Waals surface area contributed by atoms with Crippen LogP contribution >= 0.6 is 0 Å². The zero-order chi connectivity index (χ0) is 7.68. The van der Waals surface area contributed by atoms with Gasteiger partial charge in [0.2, 0.25) is 0 Å². The molecule has 0 saturated heterocycles. The molecular weight excluding hydrogens is 140 g/mol. The highest BCUT2D eigenvalue weighted by atomic mass is 16.1. The highest BCUT2D eigenvalue weighted by molar-refractivity contribution is 5.74. The predicted octanol–water partition coefficient (Wildman–Crippen LogP) is 0.792. The molecule has 0 aliphatic heterocycles. The van der Waals surface area contributed by atoms with Crippen LogP contribution < -0.4 is 0 Å². The van der Waals surface area contributed by atoms with E-state index in [1.165, 1.54) is 6.20 Å². The number of pyridine rings is 1. The number of hydrogen-bond acceptors (Lipinski definition) is 2. The molecule has 0 aromatic carbocycles. The van der Waals surface area contributed by atoms with Crippen molar-refractivity contribution in [3.8, 4) is 0 Å². The number of nitrogens with zero attached hydrogens (tertiary/aromatic N) is 2. The summed E-state index contributed by atoms with van der Waals surface area (Å²) in [6, 6.07) is 5.55. The van der Waals surface area contributed by atoms with E-state index in [0.29, 0.717) is 5.69 Å². The van der Waals surface area contributed by atoms with E-state index in [-0.39, 0.29) is 0 Å². The number of rotatable bonds is 1. The summed E-state index contributed by atoms with van der Waals surface area (Å²) in [5.41, 5.74) is 1.23. The van der Waals surface area contributed by atoms with Crippen molar-refractivity contribution in [2.45, 2.75) is 0 Å². The quantitative estimate of drug-likeness (QED) is 0.594. The summed E-state index contributed by atoms with van der Waals surface area (Å²) in [5.74, 6) is 0. The molecule has 0 atom stereocenters. The van der Waals surface area contributed by atoms with E-state index in [0.717, 1.165) is 5.65 Å². The van der Waals surface area contributed by atoms with Gasteiger partial charge in [-0.1, -0.05) is 6.07 Å². The maximum atomic E-state index is 10.3. The second kappa shape index (κ2) is 2.20. The third-order valence-corrected chi connectivity index (χ3v) is 1.52. The van der Waals surface area contributed by atoms with Gasteiger partial charge in [-0.25, -0.2) is 4.98 Å². The molecule has 0 fully saturated rings. The summed E-state index contributed by atoms with van der Waals surface area (Å²) in [7, 11) is 0. The van der Waals surface area contributed by atoms with Gasteiger partial charge >= 0.3 is 0 Å². The molecule has 0 aliphatic carbocycles. The van der Waals surface area contributed by atoms with Gasteiger partial charge in [-0.3, -0.25) is 9.20 Å². The average molecular weight is 145 g/mol. The Balaban J connectivity index is 2.86. The molecule has 0 aliphatic rings. The molecule has 0 N–H and O–H groups in total. The van der Waals surface area contributed by atoms with Gasteiger partial charge in [0.15, 0.2) is 0 Å². The predicted molar refractivity (Wildman–Crippen MR) is 40.0 cm³/mol. The molecule has 3 heteroatoms. The molecule has 0 saturated carbocycles. The van der Waals surface area contributed by atoms with E-state index in [2.05, 4.69) is 4.98 Å². The van der Waals surface area contributed by atoms with E-state index in [1.54, 1.807) is 16.9 Å². The number of carbonyl (C=O) groups excluding carboxylic acids is 1. The zero-order valence-electron chi connectivity index (χ0n) is 5.69. The van der Waals surface area contributed by atoms with Crippen LogP contribution in [0.3, 0.4) is 0 Å². The molecule has 2 aromatic heterocycles. The first-order valence-electron chi connectivity index (χ1n) is 3.22. The molecule has 1 radical (unpaired) electrons. The van der Waals surface area contributed by atoms with E-state index in [4.69, 9.17) is 0 Å². The van der Waals surface area contributed by atoms with Crippen LogP contribution in [-0.4, -0.2) is 15.7 Å². The third kappa shape index (κ3) is 0.816. The molecular formula is C8H5N2O. The van der Waals surface area contributed by atoms with Crippen molar-refractivity contribution in [3.63, 3.8) is 0 Å². The zero-order valence-corrected chi connectivity index (χ0v) is 5.69. The van der Waals surface area contributed by atoms with Crippen molar-refractivity contribution >= 4 is 11.9 Å². The van der Waals surface area contributed by atoms with Crippen molar-refractivity contribution in [1.82, 2.24) is 9.38 Å². The van der Waals surface area contributed by atoms with Gasteiger partial charge in [0.25, 0.3) is 6.29 Å². The van der Waals surface area contributed by atoms with Gasteiger partial charge in [-0.2, -0.15) is 0 Å². The fourth-order valence-corrected chi connectivity index (χ4v) is 1.01. The highest BCUT2D eigenvalue weighted by Gasteiger charge is 1.98. The Morgan fingerprint density at radius 3 is 3.18 bits per heavy atom. The van der Waals surface area contributed by atoms with Crippen LogP contribution in [0.1, 0.15) is 5.69 Å². The van der Waals surface area contributed by atoms with Crippen LogP contribution in [-0.2, 0) is 4.79 Å². The Morgan fingerprint density at radius 1 is 1.45 bits per heavy atom. The fourth-order valence-electron chi connectivity index (χ4n) is 1.01. The molecule has 2 aromatic rings. The van der Waals surface area contributed by atoms with Gasteiger partial charge in [-0.05, 0) is 12.1 Å². The molecule has 2 heterocycles. The van der Waals surface area contributed by atoms with Crippen LogP contribution in [0.4, 0.5) is 0 Å². The Hall–Kier alpha value is -1.64. The summed E-state index contributed by atoms with van der Waals surface area (Å²) in [4.78, 5) is 14.3. The standard InChI is InChI=1S/C8H5N2O/c11-6-7-5-9-8-3-1-2-4-10(7)8/h1-5H. The summed E-state index contributed by atoms with van der Waals surface area (Å²) < 4.78 is 1.69. The lowest BCUT2D eigenvalue weighted by Crippen LogP contribution is -1.88. The van der Waals surface area contributed by atoms with Crippen LogP contribution in [0, 0.1) is 0 Å². The van der Waals surface area contributed by atoms with E-state index in [1.807, 2.05) is 18.2 Å². The minimum atomic E-state index is 0.459. The van der Waals surface area contributed by atoms with E-state index >= 15 is 0 Å². The number of fused-ring (bicyclic) bond motifs is 1. The lowest BCUT2D eigenvalue weighted by molar-refractivity contribution is 0.561. The molecule has 53 valence electrons. The molecule has 0 unspecified atom stereocenters. The fraction of sp³-hybridized carbons (Fsp3) is 0. The SMILES string of the molecule is O=[C]c1cnc2ccccn12. The smallest absolute Gasteiger partial charge is 0.253 e. The molecule has 11 heavy (non-hydrogen) atoms. The van der Waals surface area contributed by atoms with Crippen LogP contribution in [0.2, 0.25) is 0 Å². The maximum Gasteiger partial charge on any atom is 0.253 e. The van der Waals surface area contributed by atoms with Crippen molar-refractivity contribution in [2.24, 2.45) is 0 Å². The molecule has 2 rings (SSSR count). The van der Waals surface area contributed by atoms with E-state index in [9.17, 15) is 4.79 Å². The van der Waals surface area contributed by atoms with Crippen molar-refractivity contribution in [3.05, 3.63) is 36.3 Å². The molecule has 0 bridgehead atoms. The van der Waals surface area contributed by atoms with Crippen molar-refractivity contribution in [1.29, 1.82) is 0 Å². The minimum absolute atomic E-state index is 0.459. The Kier molecular flexibility index (Phi) is 1.22. The second-order valence-electron chi connectivity index (χ2n) is 2.17. The Labute approximate surface area is 63.3 Å². The van der Waals surface area contributed by atoms with Gasteiger partial charge in [0.1, 0.15) is 11.3 Å². The normalized spacial score (nSPS) is 10.2. The summed E-state index contributed by atoms with van der Waals surface area (Å²) in [6.45, 7) is 0. The Morgan fingerprint density at radius 2 is 2.36 bits per heavy atom. The lowest BCUT2D eigenvalue weighted by Gasteiger charge is -1.90. The summed E-state index contributed by atoms with van der Waals surface area (Å²) >= 11 is 0. The van der Waals surface area contributed by atoms with E-state index < -0.39 is 0 Å². The van der Waals surface area contributed by atoms with Gasteiger partial charge in [-0.15, -0.1) is 0 Å². The highest BCUT2D eigenvalue weighted by Crippen LogP contribution is 2.02. The first-order chi connectivity index (χ1) is 5.42. The van der Waals surface area contributed by atoms with Crippen LogP contribution in [0.25, 0.3) is 5.65 Å². The average Bonchev–Trinajstić information content (AvgIpc) is 2.47. The first kappa shape index (κ1) is 6.09. The third-order valence-electron chi connectivity index (χ3n) is 1.52. The maximum absolute atomic E-state index is 10.3. The summed E-state index contributed by atoms with van der Waals surface area (Å²) in [5, 5.41) is 0. The van der Waals surface area contributed by atoms with Crippen LogP contribution in [0.5, 0.6) is 0 Å². The van der Waals surface area contributed by atoms with Gasteiger partial charge < -0.3 is 0 Å². The molecule has 0 amide bonds. The lowest BCUT2D eigenvalue weighted by atomic mass is 10.4. The van der Waals surface area contributed by atoms with Gasteiger partial charge in [0.05, 0.1) is 6.20 Å². The number of aromatic nitrogens is 2. The molecule has 3 nitrogen and oxygen atoms in total. The topological polar surface area (TPSA) is 34.4 Å². The van der Waals surface area contributed by atoms with Crippen LogP contribution in [0.15, 0.2) is 30.6 Å². The minimum Gasteiger partial charge on any atom is -0.297 e. The largest absolute Gasteiger partial charge is 0.297 e. The molecule has 0 spiro atoms. The first-order valence-corrected chi connectivity index (χ1v) is 3.22. The summed E-state index contributed by atoms with van der Waals surface area (Å²) in [6.07, 6.45) is 5.08. The number of imidazole rings is 1. The van der Waals surface area contributed by atoms with Crippen molar-refractivity contribution < 1.29 is 4.79 Å².